The first-order valence-electron chi connectivity index (χ1n) is 5.22. The van der Waals surface area contributed by atoms with Gasteiger partial charge >= 0.3 is 0 Å². The Morgan fingerprint density at radius 1 is 1.00 bits per heavy atom. The molecule has 2 N–H and O–H groups in total. The Kier molecular flexibility index (Phi) is 4.85. The van der Waals surface area contributed by atoms with Crippen molar-refractivity contribution in [3.8, 4) is 0 Å². The Balaban J connectivity index is 0.00000144. The normalized spacial score (nSPS) is 10.6. The first-order valence-corrected chi connectivity index (χ1v) is 5.22. The van der Waals surface area contributed by atoms with Gasteiger partial charge in [0, 0.05) is 5.56 Å². The first-order chi connectivity index (χ1) is 7.74. The minimum Gasteiger partial charge on any atom is -0.330 e. The van der Waals surface area contributed by atoms with Crippen LogP contribution in [0.25, 0.3) is 10.8 Å². The van der Waals surface area contributed by atoms with Crippen molar-refractivity contribution >= 4 is 23.2 Å². The molecule has 0 spiro atoms. The number of nitrogens with two attached hydrogens (primary N) is 1. The Morgan fingerprint density at radius 2 is 1.65 bits per heavy atom. The summed E-state index contributed by atoms with van der Waals surface area (Å²) in [4.78, 5) is 0. The summed E-state index contributed by atoms with van der Waals surface area (Å²) in [6.45, 7) is 0.526. The molecule has 0 bridgehead atoms. The van der Waals surface area contributed by atoms with Gasteiger partial charge in [-0.2, -0.15) is 0 Å². The Morgan fingerprint density at radius 3 is 2.24 bits per heavy atom. The fourth-order valence-corrected chi connectivity index (χ4v) is 1.95. The van der Waals surface area contributed by atoms with Crippen LogP contribution in [0.2, 0.25) is 0 Å². The molecule has 0 fully saturated rings. The number of halogens is 3. The fraction of sp³-hybridized carbons (Fsp3) is 0.231. The summed E-state index contributed by atoms with van der Waals surface area (Å²) in [5, 5.41) is 1.51. The summed E-state index contributed by atoms with van der Waals surface area (Å²) in [5.74, 6) is 0. The van der Waals surface area contributed by atoms with Gasteiger partial charge in [0.05, 0.1) is 0 Å². The molecule has 2 aromatic carbocycles. The molecule has 0 aliphatic rings. The standard InChI is InChI=1S/C13H13F2N.ClH/c14-13(15)12-6-5-9(7-8-16)10-3-1-2-4-11(10)12;/h1-6,13H,7-8,16H2;1H. The Hall–Kier alpha value is -1.19. The highest BCUT2D eigenvalue weighted by Gasteiger charge is 2.12. The number of alkyl halides is 2. The molecule has 2 aromatic rings. The smallest absolute Gasteiger partial charge is 0.264 e. The molecule has 0 aliphatic heterocycles. The zero-order chi connectivity index (χ0) is 11.5. The third kappa shape index (κ3) is 2.73. The monoisotopic (exact) mass is 257 g/mol. The lowest BCUT2D eigenvalue weighted by Crippen LogP contribution is -2.03. The maximum Gasteiger partial charge on any atom is 0.264 e. The lowest BCUT2D eigenvalue weighted by atomic mass is 9.98. The van der Waals surface area contributed by atoms with Crippen molar-refractivity contribution < 1.29 is 8.78 Å². The molecule has 0 atom stereocenters. The van der Waals surface area contributed by atoms with Crippen LogP contribution in [0.5, 0.6) is 0 Å². The lowest BCUT2D eigenvalue weighted by molar-refractivity contribution is 0.153. The van der Waals surface area contributed by atoms with Gasteiger partial charge in [0.2, 0.25) is 0 Å². The third-order valence-electron chi connectivity index (χ3n) is 2.70. The summed E-state index contributed by atoms with van der Waals surface area (Å²) in [6.07, 6.45) is -1.72. The number of rotatable bonds is 3. The van der Waals surface area contributed by atoms with Gasteiger partial charge in [-0.3, -0.25) is 0 Å². The van der Waals surface area contributed by atoms with Gasteiger partial charge < -0.3 is 5.73 Å². The third-order valence-corrected chi connectivity index (χ3v) is 2.70. The van der Waals surface area contributed by atoms with Gasteiger partial charge in [0.1, 0.15) is 0 Å². The molecule has 0 aromatic heterocycles. The fourth-order valence-electron chi connectivity index (χ4n) is 1.95. The van der Waals surface area contributed by atoms with Crippen LogP contribution in [0.4, 0.5) is 8.78 Å². The Bertz CT molecular complexity index is 500. The number of fused-ring (bicyclic) bond motifs is 1. The van der Waals surface area contributed by atoms with Crippen molar-refractivity contribution in [2.45, 2.75) is 12.8 Å². The molecule has 2 rings (SSSR count). The van der Waals surface area contributed by atoms with E-state index >= 15 is 0 Å². The molecule has 0 unspecified atom stereocenters. The van der Waals surface area contributed by atoms with Crippen LogP contribution in [0.15, 0.2) is 36.4 Å². The van der Waals surface area contributed by atoms with Crippen LogP contribution < -0.4 is 5.73 Å². The minimum absolute atomic E-state index is 0. The average Bonchev–Trinajstić information content (AvgIpc) is 2.29. The van der Waals surface area contributed by atoms with Crippen LogP contribution >= 0.6 is 12.4 Å². The largest absolute Gasteiger partial charge is 0.330 e. The van der Waals surface area contributed by atoms with Crippen LogP contribution in [-0.2, 0) is 6.42 Å². The van der Waals surface area contributed by atoms with Crippen molar-refractivity contribution in [3.63, 3.8) is 0 Å². The van der Waals surface area contributed by atoms with Crippen LogP contribution in [0, 0.1) is 0 Å². The molecule has 0 amide bonds. The van der Waals surface area contributed by atoms with E-state index in [2.05, 4.69) is 0 Å². The highest BCUT2D eigenvalue weighted by molar-refractivity contribution is 5.89. The predicted molar refractivity (Wildman–Crippen MR) is 68.9 cm³/mol. The molecule has 4 heteroatoms. The number of hydrogen-bond acceptors (Lipinski definition) is 1. The number of benzene rings is 2. The molecule has 17 heavy (non-hydrogen) atoms. The van der Waals surface area contributed by atoms with Gasteiger partial charge in [0.15, 0.2) is 0 Å². The van der Waals surface area contributed by atoms with E-state index in [1.165, 1.54) is 6.07 Å². The molecular weight excluding hydrogens is 244 g/mol. The van der Waals surface area contributed by atoms with E-state index in [1.54, 1.807) is 18.2 Å². The van der Waals surface area contributed by atoms with E-state index in [1.807, 2.05) is 12.1 Å². The van der Waals surface area contributed by atoms with Crippen molar-refractivity contribution in [2.75, 3.05) is 6.54 Å². The van der Waals surface area contributed by atoms with Crippen molar-refractivity contribution in [3.05, 3.63) is 47.5 Å². The van der Waals surface area contributed by atoms with E-state index in [9.17, 15) is 8.78 Å². The minimum atomic E-state index is -2.43. The molecule has 0 radical (unpaired) electrons. The molecular formula is C13H14ClF2N. The van der Waals surface area contributed by atoms with Crippen molar-refractivity contribution in [1.82, 2.24) is 0 Å². The molecule has 92 valence electrons. The van der Waals surface area contributed by atoms with Gasteiger partial charge in [-0.15, -0.1) is 12.4 Å². The topological polar surface area (TPSA) is 26.0 Å². The molecule has 0 aliphatic carbocycles. The van der Waals surface area contributed by atoms with E-state index in [-0.39, 0.29) is 18.0 Å². The highest BCUT2D eigenvalue weighted by atomic mass is 35.5. The van der Waals surface area contributed by atoms with Crippen LogP contribution in [0.3, 0.4) is 0 Å². The quantitative estimate of drug-likeness (QED) is 0.891. The lowest BCUT2D eigenvalue weighted by Gasteiger charge is -2.09. The maximum atomic E-state index is 12.8. The first kappa shape index (κ1) is 13.9. The van der Waals surface area contributed by atoms with E-state index in [4.69, 9.17) is 5.73 Å². The second-order valence-corrected chi connectivity index (χ2v) is 3.70. The van der Waals surface area contributed by atoms with Gasteiger partial charge in [-0.1, -0.05) is 36.4 Å². The molecule has 0 saturated carbocycles. The predicted octanol–water partition coefficient (Wildman–Crippen LogP) is 3.70. The molecule has 1 nitrogen and oxygen atoms in total. The molecule has 0 saturated heterocycles. The SMILES string of the molecule is Cl.NCCc1ccc(C(F)F)c2ccccc12. The van der Waals surface area contributed by atoms with E-state index < -0.39 is 6.43 Å². The summed E-state index contributed by atoms with van der Waals surface area (Å²) in [6, 6.07) is 10.5. The van der Waals surface area contributed by atoms with Crippen LogP contribution in [-0.4, -0.2) is 6.54 Å². The van der Waals surface area contributed by atoms with Crippen molar-refractivity contribution in [2.24, 2.45) is 5.73 Å². The summed E-state index contributed by atoms with van der Waals surface area (Å²) >= 11 is 0. The zero-order valence-electron chi connectivity index (χ0n) is 9.20. The second-order valence-electron chi connectivity index (χ2n) is 3.70. The van der Waals surface area contributed by atoms with Crippen molar-refractivity contribution in [1.29, 1.82) is 0 Å². The van der Waals surface area contributed by atoms with Gasteiger partial charge in [0.25, 0.3) is 6.43 Å². The highest BCUT2D eigenvalue weighted by Crippen LogP contribution is 2.29. The summed E-state index contributed by atoms with van der Waals surface area (Å²) in [5.41, 5.74) is 6.63. The average molecular weight is 258 g/mol. The summed E-state index contributed by atoms with van der Waals surface area (Å²) in [7, 11) is 0. The summed E-state index contributed by atoms with van der Waals surface area (Å²) < 4.78 is 25.6. The van der Waals surface area contributed by atoms with Crippen LogP contribution in [0.1, 0.15) is 17.6 Å². The second kappa shape index (κ2) is 5.94. The zero-order valence-corrected chi connectivity index (χ0v) is 10.0. The Labute approximate surface area is 105 Å². The van der Waals surface area contributed by atoms with E-state index in [0.717, 1.165) is 10.9 Å². The maximum absolute atomic E-state index is 12.8. The molecule has 0 heterocycles. The number of hydrogen-bond donors (Lipinski definition) is 1. The van der Waals surface area contributed by atoms with Gasteiger partial charge in [-0.25, -0.2) is 8.78 Å². The van der Waals surface area contributed by atoms with Gasteiger partial charge in [-0.05, 0) is 29.3 Å². The van der Waals surface area contributed by atoms with E-state index in [0.29, 0.717) is 18.4 Å².